The molecular weight excluding hydrogens is 188 g/mol. The van der Waals surface area contributed by atoms with Crippen LogP contribution in [-0.4, -0.2) is 18.5 Å². The minimum Gasteiger partial charge on any atom is -0.353 e. The van der Waals surface area contributed by atoms with Gasteiger partial charge in [-0.05, 0) is 50.9 Å². The number of allylic oxidation sites excluding steroid dienone is 1. The van der Waals surface area contributed by atoms with Crippen LogP contribution in [0, 0.1) is 5.92 Å². The maximum Gasteiger partial charge on any atom is 0.158 e. The predicted octanol–water partition coefficient (Wildman–Crippen LogP) is 3.03. The molecule has 0 aromatic rings. The molecule has 1 saturated heterocycles. The lowest BCUT2D eigenvalue weighted by Crippen LogP contribution is -2.38. The normalized spacial score (nSPS) is 44.5. The van der Waals surface area contributed by atoms with Crippen molar-refractivity contribution in [2.24, 2.45) is 5.92 Å². The summed E-state index contributed by atoms with van der Waals surface area (Å²) in [6.07, 6.45) is 13.3. The van der Waals surface area contributed by atoms with Crippen LogP contribution < -0.4 is 0 Å². The Bertz CT molecular complexity index is 255. The Labute approximate surface area is 91.6 Å². The molecule has 0 radical (unpaired) electrons. The second-order valence-electron chi connectivity index (χ2n) is 5.10. The number of hydrogen-bond acceptors (Lipinski definition) is 2. The lowest BCUT2D eigenvalue weighted by Gasteiger charge is -2.34. The van der Waals surface area contributed by atoms with Gasteiger partial charge in [0.25, 0.3) is 0 Å². The van der Waals surface area contributed by atoms with Crippen molar-refractivity contribution in [1.82, 2.24) is 0 Å². The zero-order chi connectivity index (χ0) is 10.1. The van der Waals surface area contributed by atoms with E-state index in [9.17, 15) is 0 Å². The molecule has 1 aliphatic heterocycles. The third-order valence-electron chi connectivity index (χ3n) is 4.12. The molecule has 2 heteroatoms. The van der Waals surface area contributed by atoms with E-state index in [1.54, 1.807) is 0 Å². The van der Waals surface area contributed by atoms with Gasteiger partial charge in [-0.2, -0.15) is 0 Å². The van der Waals surface area contributed by atoms with Crippen molar-refractivity contribution < 1.29 is 9.47 Å². The van der Waals surface area contributed by atoms with Crippen LogP contribution in [0.2, 0.25) is 0 Å². The van der Waals surface area contributed by atoms with Crippen molar-refractivity contribution in [3.8, 4) is 0 Å². The maximum atomic E-state index is 6.25. The molecule has 0 aromatic carbocycles. The SMILES string of the molecule is C1=C[C@]2(OC3CCCCO3)CCC[C@@H]2C1. The van der Waals surface area contributed by atoms with Gasteiger partial charge in [-0.25, -0.2) is 0 Å². The maximum absolute atomic E-state index is 6.25. The summed E-state index contributed by atoms with van der Waals surface area (Å²) >= 11 is 0. The first-order valence-electron chi connectivity index (χ1n) is 6.36. The van der Waals surface area contributed by atoms with Gasteiger partial charge in [0.15, 0.2) is 6.29 Å². The van der Waals surface area contributed by atoms with E-state index in [0.717, 1.165) is 18.9 Å². The monoisotopic (exact) mass is 208 g/mol. The molecular formula is C13H20O2. The average Bonchev–Trinajstić information content (AvgIpc) is 2.78. The molecule has 15 heavy (non-hydrogen) atoms. The molecule has 3 atom stereocenters. The van der Waals surface area contributed by atoms with Crippen molar-refractivity contribution >= 4 is 0 Å². The summed E-state index contributed by atoms with van der Waals surface area (Å²) in [4.78, 5) is 0. The summed E-state index contributed by atoms with van der Waals surface area (Å²) in [5, 5.41) is 0. The largest absolute Gasteiger partial charge is 0.353 e. The van der Waals surface area contributed by atoms with Crippen molar-refractivity contribution in [3.63, 3.8) is 0 Å². The minimum absolute atomic E-state index is 0.0575. The predicted molar refractivity (Wildman–Crippen MR) is 58.5 cm³/mol. The first-order valence-corrected chi connectivity index (χ1v) is 6.36. The van der Waals surface area contributed by atoms with Gasteiger partial charge in [0.2, 0.25) is 0 Å². The van der Waals surface area contributed by atoms with Gasteiger partial charge in [-0.1, -0.05) is 12.2 Å². The van der Waals surface area contributed by atoms with Crippen LogP contribution >= 0.6 is 0 Å². The standard InChI is InChI=1S/C13H20O2/c1-2-10-14-12(7-1)15-13-8-3-5-11(13)6-4-9-13/h3,8,11-12H,1-2,4-7,9-10H2/t11-,12?,13-/m0/s1. The highest BCUT2D eigenvalue weighted by atomic mass is 16.7. The number of fused-ring (bicyclic) bond motifs is 1. The van der Waals surface area contributed by atoms with Gasteiger partial charge in [0.1, 0.15) is 0 Å². The highest BCUT2D eigenvalue weighted by Gasteiger charge is 2.45. The molecule has 0 bridgehead atoms. The lowest BCUT2D eigenvalue weighted by molar-refractivity contribution is -0.217. The second kappa shape index (κ2) is 3.91. The van der Waals surface area contributed by atoms with Crippen LogP contribution in [0.25, 0.3) is 0 Å². The first kappa shape index (κ1) is 9.86. The number of rotatable bonds is 2. The van der Waals surface area contributed by atoms with E-state index in [1.165, 1.54) is 38.5 Å². The Kier molecular flexibility index (Phi) is 2.57. The Morgan fingerprint density at radius 3 is 3.07 bits per heavy atom. The molecule has 0 spiro atoms. The van der Waals surface area contributed by atoms with E-state index in [2.05, 4.69) is 12.2 Å². The molecule has 0 N–H and O–H groups in total. The van der Waals surface area contributed by atoms with Gasteiger partial charge < -0.3 is 9.47 Å². The van der Waals surface area contributed by atoms with Gasteiger partial charge >= 0.3 is 0 Å². The lowest BCUT2D eigenvalue weighted by atomic mass is 9.94. The second-order valence-corrected chi connectivity index (χ2v) is 5.10. The zero-order valence-electron chi connectivity index (χ0n) is 9.28. The highest BCUT2D eigenvalue weighted by Crippen LogP contribution is 2.47. The van der Waals surface area contributed by atoms with Crippen LogP contribution in [0.3, 0.4) is 0 Å². The molecule has 3 aliphatic rings. The molecule has 0 aromatic heterocycles. The summed E-state index contributed by atoms with van der Waals surface area (Å²) in [5.74, 6) is 0.739. The Balaban J connectivity index is 1.67. The van der Waals surface area contributed by atoms with Crippen LogP contribution in [0.1, 0.15) is 44.9 Å². The topological polar surface area (TPSA) is 18.5 Å². The Hall–Kier alpha value is -0.340. The summed E-state index contributed by atoms with van der Waals surface area (Å²) < 4.78 is 11.9. The molecule has 1 heterocycles. The number of hydrogen-bond donors (Lipinski definition) is 0. The molecule has 2 fully saturated rings. The van der Waals surface area contributed by atoms with E-state index in [-0.39, 0.29) is 11.9 Å². The molecule has 0 amide bonds. The third kappa shape index (κ3) is 1.74. The van der Waals surface area contributed by atoms with E-state index in [0.29, 0.717) is 0 Å². The Morgan fingerprint density at radius 1 is 1.20 bits per heavy atom. The van der Waals surface area contributed by atoms with Crippen molar-refractivity contribution in [2.45, 2.75) is 56.8 Å². The van der Waals surface area contributed by atoms with E-state index >= 15 is 0 Å². The Morgan fingerprint density at radius 2 is 2.20 bits per heavy atom. The first-order chi connectivity index (χ1) is 7.39. The quantitative estimate of drug-likeness (QED) is 0.649. The average molecular weight is 208 g/mol. The van der Waals surface area contributed by atoms with Crippen molar-refractivity contribution in [2.75, 3.05) is 6.61 Å². The summed E-state index contributed by atoms with van der Waals surface area (Å²) in [6.45, 7) is 0.884. The highest BCUT2D eigenvalue weighted by molar-refractivity contribution is 5.16. The summed E-state index contributed by atoms with van der Waals surface area (Å²) in [6, 6.07) is 0. The summed E-state index contributed by atoms with van der Waals surface area (Å²) in [7, 11) is 0. The van der Waals surface area contributed by atoms with E-state index in [1.807, 2.05) is 0 Å². The molecule has 1 unspecified atom stereocenters. The van der Waals surface area contributed by atoms with Gasteiger partial charge in [-0.15, -0.1) is 0 Å². The smallest absolute Gasteiger partial charge is 0.158 e. The summed E-state index contributed by atoms with van der Waals surface area (Å²) in [5.41, 5.74) is 0.0575. The molecule has 1 saturated carbocycles. The fourth-order valence-electron chi connectivity index (χ4n) is 3.29. The number of ether oxygens (including phenoxy) is 2. The molecule has 3 rings (SSSR count). The third-order valence-corrected chi connectivity index (χ3v) is 4.12. The van der Waals surface area contributed by atoms with E-state index < -0.39 is 0 Å². The van der Waals surface area contributed by atoms with Crippen LogP contribution in [0.5, 0.6) is 0 Å². The zero-order valence-corrected chi connectivity index (χ0v) is 9.28. The fraction of sp³-hybridized carbons (Fsp3) is 0.846. The van der Waals surface area contributed by atoms with Crippen LogP contribution in [0.15, 0.2) is 12.2 Å². The van der Waals surface area contributed by atoms with Crippen molar-refractivity contribution in [3.05, 3.63) is 12.2 Å². The van der Waals surface area contributed by atoms with Gasteiger partial charge in [-0.3, -0.25) is 0 Å². The molecule has 84 valence electrons. The van der Waals surface area contributed by atoms with Gasteiger partial charge in [0, 0.05) is 6.61 Å². The van der Waals surface area contributed by atoms with E-state index in [4.69, 9.17) is 9.47 Å². The molecule has 2 nitrogen and oxygen atoms in total. The van der Waals surface area contributed by atoms with Gasteiger partial charge in [0.05, 0.1) is 5.60 Å². The van der Waals surface area contributed by atoms with Crippen molar-refractivity contribution in [1.29, 1.82) is 0 Å². The van der Waals surface area contributed by atoms with Crippen LogP contribution in [-0.2, 0) is 9.47 Å². The van der Waals surface area contributed by atoms with Crippen LogP contribution in [0.4, 0.5) is 0 Å². The fourth-order valence-corrected chi connectivity index (χ4v) is 3.29. The minimum atomic E-state index is 0.0575. The molecule has 2 aliphatic carbocycles.